The van der Waals surface area contributed by atoms with E-state index in [4.69, 9.17) is 10.8 Å². The van der Waals surface area contributed by atoms with Gasteiger partial charge in [-0.1, -0.05) is 0 Å². The maximum atomic E-state index is 8.98. The lowest BCUT2D eigenvalue weighted by Crippen LogP contribution is -2.47. The smallest absolute Gasteiger partial charge is 0.140 e. The molecular weight excluding hydrogens is 254 g/mol. The van der Waals surface area contributed by atoms with Crippen LogP contribution in [0.25, 0.3) is 10.9 Å². The lowest BCUT2D eigenvalue weighted by Gasteiger charge is -2.35. The molecule has 3 N–H and O–H groups in total. The van der Waals surface area contributed by atoms with Gasteiger partial charge in [0.1, 0.15) is 12.1 Å². The van der Waals surface area contributed by atoms with Gasteiger partial charge in [0.25, 0.3) is 0 Å². The van der Waals surface area contributed by atoms with E-state index >= 15 is 0 Å². The molecule has 6 nitrogen and oxygen atoms in total. The molecule has 2 aromatic rings. The highest BCUT2D eigenvalue weighted by atomic mass is 16.3. The quantitative estimate of drug-likeness (QED) is 0.785. The van der Waals surface area contributed by atoms with Crippen LogP contribution in [-0.4, -0.2) is 59.3 Å². The summed E-state index contributed by atoms with van der Waals surface area (Å²) in [5.41, 5.74) is 7.52. The van der Waals surface area contributed by atoms with Crippen molar-refractivity contribution in [2.75, 3.05) is 50.0 Å². The number of aliphatic hydroxyl groups is 1. The number of nitrogens with zero attached hydrogens (tertiary/aromatic N) is 4. The summed E-state index contributed by atoms with van der Waals surface area (Å²) in [6.07, 6.45) is 1.61. The number of hydrogen-bond donors (Lipinski definition) is 2. The number of benzene rings is 1. The van der Waals surface area contributed by atoms with Gasteiger partial charge >= 0.3 is 0 Å². The van der Waals surface area contributed by atoms with Crippen LogP contribution in [0.3, 0.4) is 0 Å². The lowest BCUT2D eigenvalue weighted by molar-refractivity contribution is 0.188. The molecule has 0 unspecified atom stereocenters. The van der Waals surface area contributed by atoms with Crippen LogP contribution < -0.4 is 10.6 Å². The molecule has 0 atom stereocenters. The number of hydrogen-bond acceptors (Lipinski definition) is 6. The van der Waals surface area contributed by atoms with Crippen LogP contribution in [0, 0.1) is 0 Å². The van der Waals surface area contributed by atoms with Crippen LogP contribution in [0.15, 0.2) is 24.5 Å². The lowest BCUT2D eigenvalue weighted by atomic mass is 10.2. The van der Waals surface area contributed by atoms with Crippen molar-refractivity contribution < 1.29 is 5.11 Å². The van der Waals surface area contributed by atoms with E-state index in [0.29, 0.717) is 0 Å². The summed E-state index contributed by atoms with van der Waals surface area (Å²) >= 11 is 0. The summed E-state index contributed by atoms with van der Waals surface area (Å²) in [4.78, 5) is 13.2. The van der Waals surface area contributed by atoms with Gasteiger partial charge < -0.3 is 15.7 Å². The van der Waals surface area contributed by atoms with Crippen molar-refractivity contribution in [3.8, 4) is 0 Å². The van der Waals surface area contributed by atoms with Crippen LogP contribution in [0.4, 0.5) is 11.5 Å². The maximum absolute atomic E-state index is 8.98. The first kappa shape index (κ1) is 13.1. The third kappa shape index (κ3) is 2.52. The van der Waals surface area contributed by atoms with Gasteiger partial charge in [0.15, 0.2) is 0 Å². The third-order valence-corrected chi connectivity index (χ3v) is 3.73. The van der Waals surface area contributed by atoms with Gasteiger partial charge in [-0.2, -0.15) is 0 Å². The minimum Gasteiger partial charge on any atom is -0.399 e. The highest BCUT2D eigenvalue weighted by Gasteiger charge is 2.19. The minimum atomic E-state index is 0.215. The van der Waals surface area contributed by atoms with Crippen molar-refractivity contribution in [2.45, 2.75) is 0 Å². The number of anilines is 2. The SMILES string of the molecule is Nc1ccc2ncnc(N3CCN(CCO)CC3)c2c1. The summed E-state index contributed by atoms with van der Waals surface area (Å²) in [6.45, 7) is 4.64. The number of nitrogen functional groups attached to an aromatic ring is 1. The Morgan fingerprint density at radius 2 is 1.95 bits per heavy atom. The topological polar surface area (TPSA) is 78.5 Å². The van der Waals surface area contributed by atoms with Gasteiger partial charge in [-0.05, 0) is 18.2 Å². The van der Waals surface area contributed by atoms with Crippen molar-refractivity contribution in [1.29, 1.82) is 0 Å². The molecule has 0 bridgehead atoms. The number of rotatable bonds is 3. The fraction of sp³-hybridized carbons (Fsp3) is 0.429. The Hall–Kier alpha value is -1.92. The largest absolute Gasteiger partial charge is 0.399 e. The maximum Gasteiger partial charge on any atom is 0.140 e. The molecule has 1 fully saturated rings. The van der Waals surface area contributed by atoms with E-state index in [1.165, 1.54) is 0 Å². The first-order valence-corrected chi connectivity index (χ1v) is 6.86. The van der Waals surface area contributed by atoms with Gasteiger partial charge in [0, 0.05) is 43.8 Å². The zero-order chi connectivity index (χ0) is 13.9. The molecule has 20 heavy (non-hydrogen) atoms. The molecule has 1 aromatic heterocycles. The zero-order valence-electron chi connectivity index (χ0n) is 11.4. The molecule has 2 heterocycles. The van der Waals surface area contributed by atoms with E-state index in [-0.39, 0.29) is 6.61 Å². The molecule has 1 aliphatic heterocycles. The van der Waals surface area contributed by atoms with Gasteiger partial charge in [-0.3, -0.25) is 4.90 Å². The second kappa shape index (κ2) is 5.60. The van der Waals surface area contributed by atoms with Crippen LogP contribution in [0.1, 0.15) is 0 Å². The summed E-state index contributed by atoms with van der Waals surface area (Å²) in [6, 6.07) is 5.72. The average molecular weight is 273 g/mol. The van der Waals surface area contributed by atoms with Crippen molar-refractivity contribution >= 4 is 22.4 Å². The van der Waals surface area contributed by atoms with Crippen LogP contribution in [-0.2, 0) is 0 Å². The second-order valence-electron chi connectivity index (χ2n) is 5.03. The molecule has 0 aliphatic carbocycles. The van der Waals surface area contributed by atoms with E-state index in [1.807, 2.05) is 18.2 Å². The van der Waals surface area contributed by atoms with Gasteiger partial charge in [0.2, 0.25) is 0 Å². The molecule has 6 heteroatoms. The van der Waals surface area contributed by atoms with Gasteiger partial charge in [-0.15, -0.1) is 0 Å². The predicted molar refractivity (Wildman–Crippen MR) is 79.7 cm³/mol. The summed E-state index contributed by atoms with van der Waals surface area (Å²) in [7, 11) is 0. The van der Waals surface area contributed by atoms with Crippen molar-refractivity contribution in [3.05, 3.63) is 24.5 Å². The Morgan fingerprint density at radius 3 is 2.70 bits per heavy atom. The van der Waals surface area contributed by atoms with Crippen LogP contribution >= 0.6 is 0 Å². The third-order valence-electron chi connectivity index (χ3n) is 3.73. The molecule has 3 rings (SSSR count). The molecule has 0 amide bonds. The molecule has 0 saturated carbocycles. The van der Waals surface area contributed by atoms with E-state index < -0.39 is 0 Å². The molecular formula is C14H19N5O. The van der Waals surface area contributed by atoms with E-state index in [0.717, 1.165) is 55.1 Å². The first-order chi connectivity index (χ1) is 9.78. The van der Waals surface area contributed by atoms with Crippen molar-refractivity contribution in [3.63, 3.8) is 0 Å². The first-order valence-electron chi connectivity index (χ1n) is 6.86. The number of fused-ring (bicyclic) bond motifs is 1. The molecule has 0 radical (unpaired) electrons. The van der Waals surface area contributed by atoms with Crippen molar-refractivity contribution in [2.24, 2.45) is 0 Å². The molecule has 1 saturated heterocycles. The standard InChI is InChI=1S/C14H19N5O/c15-11-1-2-13-12(9-11)14(17-10-16-13)19-5-3-18(4-6-19)7-8-20/h1-2,9-10,20H,3-8,15H2. The van der Waals surface area contributed by atoms with E-state index in [1.54, 1.807) is 6.33 Å². The number of aliphatic hydroxyl groups excluding tert-OH is 1. The highest BCUT2D eigenvalue weighted by molar-refractivity contribution is 5.91. The Kier molecular flexibility index (Phi) is 3.66. The Balaban J connectivity index is 1.86. The monoisotopic (exact) mass is 273 g/mol. The average Bonchev–Trinajstić information content (AvgIpc) is 2.48. The Bertz CT molecular complexity index is 595. The number of β-amino-alcohol motifs (C(OH)–C–C–N with tert-alkyl or cyclic N) is 1. The highest BCUT2D eigenvalue weighted by Crippen LogP contribution is 2.25. The fourth-order valence-corrected chi connectivity index (χ4v) is 2.64. The number of aromatic nitrogens is 2. The van der Waals surface area contributed by atoms with E-state index in [2.05, 4.69) is 19.8 Å². The summed E-state index contributed by atoms with van der Waals surface area (Å²) in [5, 5.41) is 9.99. The zero-order valence-corrected chi connectivity index (χ0v) is 11.4. The fourth-order valence-electron chi connectivity index (χ4n) is 2.64. The normalized spacial score (nSPS) is 16.8. The number of nitrogens with two attached hydrogens (primary N) is 1. The van der Waals surface area contributed by atoms with Gasteiger partial charge in [-0.25, -0.2) is 9.97 Å². The van der Waals surface area contributed by atoms with Crippen LogP contribution in [0.2, 0.25) is 0 Å². The second-order valence-corrected chi connectivity index (χ2v) is 5.03. The van der Waals surface area contributed by atoms with Crippen molar-refractivity contribution in [1.82, 2.24) is 14.9 Å². The number of piperazine rings is 1. The minimum absolute atomic E-state index is 0.215. The predicted octanol–water partition coefficient (Wildman–Crippen LogP) is 0.326. The molecule has 1 aliphatic rings. The molecule has 0 spiro atoms. The van der Waals surface area contributed by atoms with Gasteiger partial charge in [0.05, 0.1) is 12.1 Å². The summed E-state index contributed by atoms with van der Waals surface area (Å²) < 4.78 is 0. The molecule has 106 valence electrons. The Labute approximate surface area is 117 Å². The Morgan fingerprint density at radius 1 is 1.15 bits per heavy atom. The summed E-state index contributed by atoms with van der Waals surface area (Å²) in [5.74, 6) is 0.950. The van der Waals surface area contributed by atoms with Crippen LogP contribution in [0.5, 0.6) is 0 Å². The van der Waals surface area contributed by atoms with E-state index in [9.17, 15) is 0 Å². The molecule has 1 aromatic carbocycles.